The highest BCUT2D eigenvalue weighted by Gasteiger charge is 2.18. The molecule has 0 aliphatic heterocycles. The Kier molecular flexibility index (Phi) is 22.2. The Hall–Kier alpha value is -2.44. The molecule has 0 aromatic heterocycles. The van der Waals surface area contributed by atoms with Gasteiger partial charge in [0.05, 0.1) is 24.4 Å². The van der Waals surface area contributed by atoms with Gasteiger partial charge in [0, 0.05) is 0 Å². The molecule has 0 unspecified atom stereocenters. The van der Waals surface area contributed by atoms with Crippen LogP contribution in [0.15, 0.2) is 0 Å². The number of rotatable bonds is 8. The van der Waals surface area contributed by atoms with E-state index in [9.17, 15) is 19.2 Å². The fourth-order valence-electron chi connectivity index (χ4n) is 0.825. The van der Waals surface area contributed by atoms with Gasteiger partial charge in [0.25, 0.3) is 0 Å². The van der Waals surface area contributed by atoms with E-state index in [1.165, 1.54) is 27.7 Å². The predicted molar refractivity (Wildman–Crippen MR) is 109 cm³/mol. The van der Waals surface area contributed by atoms with E-state index in [0.29, 0.717) is 0 Å². The van der Waals surface area contributed by atoms with Crippen molar-refractivity contribution in [3.63, 3.8) is 0 Å². The summed E-state index contributed by atoms with van der Waals surface area (Å²) >= 11 is 0. The van der Waals surface area contributed by atoms with Crippen molar-refractivity contribution >= 4 is 23.9 Å². The number of carbonyl (C=O) groups is 4. The van der Waals surface area contributed by atoms with E-state index in [2.05, 4.69) is 0 Å². The molecule has 192 valence electrons. The van der Waals surface area contributed by atoms with Crippen LogP contribution in [0.3, 0.4) is 0 Å². The van der Waals surface area contributed by atoms with E-state index in [1.807, 2.05) is 0 Å². The van der Waals surface area contributed by atoms with Gasteiger partial charge in [0.15, 0.2) is 0 Å². The molecule has 0 amide bonds. The van der Waals surface area contributed by atoms with Gasteiger partial charge in [-0.25, -0.2) is 0 Å². The number of carboxylic acid groups (broad SMARTS) is 4. The van der Waals surface area contributed by atoms with E-state index < -0.39 is 72.5 Å². The molecule has 0 aromatic carbocycles. The van der Waals surface area contributed by atoms with Gasteiger partial charge in [-0.05, 0) is 27.7 Å². The Bertz CT molecular complexity index is 461. The zero-order valence-electron chi connectivity index (χ0n) is 18.1. The van der Waals surface area contributed by atoms with Gasteiger partial charge in [-0.15, -0.1) is 0 Å². The maximum Gasteiger partial charge on any atom is 0.323 e. The van der Waals surface area contributed by atoms with Crippen molar-refractivity contribution in [3.8, 4) is 0 Å². The van der Waals surface area contributed by atoms with Crippen LogP contribution in [0.4, 0.5) is 0 Å². The van der Waals surface area contributed by atoms with Crippen molar-refractivity contribution in [2.24, 2.45) is 22.9 Å². The molecule has 16 nitrogen and oxygen atoms in total. The van der Waals surface area contributed by atoms with Crippen molar-refractivity contribution in [3.05, 3.63) is 0 Å². The van der Waals surface area contributed by atoms with Gasteiger partial charge in [0.2, 0.25) is 0 Å². The Balaban J connectivity index is -0.000000163. The molecular formula is C16H36N4O12. The third kappa shape index (κ3) is 22.2. The summed E-state index contributed by atoms with van der Waals surface area (Å²) in [5, 5.41) is 66.2. The van der Waals surface area contributed by atoms with Crippen LogP contribution in [-0.4, -0.2) is 113 Å². The molecule has 0 spiro atoms. The molecule has 0 fully saturated rings. The maximum atomic E-state index is 9.86. The Morgan fingerprint density at radius 2 is 0.531 bits per heavy atom. The summed E-state index contributed by atoms with van der Waals surface area (Å²) in [6.07, 6.45) is -3.92. The summed E-state index contributed by atoms with van der Waals surface area (Å²) in [5.74, 6) is -4.72. The number of aliphatic hydroxyl groups excluding tert-OH is 4. The first-order chi connectivity index (χ1) is 14.2. The minimum absolute atomic E-state index is 0.979. The highest BCUT2D eigenvalue weighted by atomic mass is 16.4. The number of hydrogen-bond acceptors (Lipinski definition) is 12. The summed E-state index contributed by atoms with van der Waals surface area (Å²) in [7, 11) is 0. The molecule has 32 heavy (non-hydrogen) atoms. The van der Waals surface area contributed by atoms with E-state index in [0.717, 1.165) is 0 Å². The molecule has 0 aliphatic carbocycles. The Morgan fingerprint density at radius 3 is 0.531 bits per heavy atom. The van der Waals surface area contributed by atoms with Gasteiger partial charge in [-0.1, -0.05) is 0 Å². The van der Waals surface area contributed by atoms with E-state index in [-0.39, 0.29) is 0 Å². The molecular weight excluding hydrogens is 440 g/mol. The zero-order valence-corrected chi connectivity index (χ0v) is 18.1. The van der Waals surface area contributed by atoms with Crippen molar-refractivity contribution in [1.29, 1.82) is 0 Å². The van der Waals surface area contributed by atoms with Gasteiger partial charge in [0.1, 0.15) is 24.2 Å². The molecule has 0 rings (SSSR count). The van der Waals surface area contributed by atoms with Crippen molar-refractivity contribution < 1.29 is 60.0 Å². The number of aliphatic hydroxyl groups is 4. The molecule has 0 aliphatic rings. The van der Waals surface area contributed by atoms with Crippen LogP contribution >= 0.6 is 0 Å². The molecule has 0 radical (unpaired) electrons. The molecule has 0 aromatic rings. The van der Waals surface area contributed by atoms with E-state index in [1.54, 1.807) is 0 Å². The van der Waals surface area contributed by atoms with Crippen LogP contribution < -0.4 is 22.9 Å². The van der Waals surface area contributed by atoms with Crippen LogP contribution in [0.1, 0.15) is 27.7 Å². The lowest BCUT2D eigenvalue weighted by molar-refractivity contribution is -0.141. The highest BCUT2D eigenvalue weighted by Crippen LogP contribution is 1.87. The topological polar surface area (TPSA) is 334 Å². The number of nitrogens with two attached hydrogens (primary N) is 4. The minimum Gasteiger partial charge on any atom is -0.480 e. The van der Waals surface area contributed by atoms with Gasteiger partial charge in [-0.2, -0.15) is 0 Å². The summed E-state index contributed by atoms with van der Waals surface area (Å²) in [4.78, 5) is 39.4. The standard InChI is InChI=1S/4C4H9NO3/c4*1-2(6)3(5)4(7)8/h4*2-3,6H,5H2,1H3,(H,7,8)/t4*2-,3+/m1111/s1. The zero-order chi connectivity index (χ0) is 26.9. The third-order valence-electron chi connectivity index (χ3n) is 3.22. The quantitative estimate of drug-likeness (QED) is 0.156. The Labute approximate surface area is 184 Å². The predicted octanol–water partition coefficient (Wildman–Crippen LogP) is -4.88. The smallest absolute Gasteiger partial charge is 0.323 e. The molecule has 0 bridgehead atoms. The molecule has 0 saturated carbocycles. The summed E-state index contributed by atoms with van der Waals surface area (Å²) in [6, 6.07) is -4.63. The van der Waals surface area contributed by atoms with Crippen LogP contribution in [0, 0.1) is 0 Å². The second kappa shape index (κ2) is 19.3. The number of hydrogen-bond donors (Lipinski definition) is 12. The van der Waals surface area contributed by atoms with E-state index >= 15 is 0 Å². The minimum atomic E-state index is -1.18. The average Bonchev–Trinajstić information content (AvgIpc) is 2.65. The lowest BCUT2D eigenvalue weighted by atomic mass is 10.2. The summed E-state index contributed by atoms with van der Waals surface area (Å²) in [5.41, 5.74) is 19.6. The van der Waals surface area contributed by atoms with Crippen molar-refractivity contribution in [1.82, 2.24) is 0 Å². The first-order valence-electron chi connectivity index (χ1n) is 8.87. The largest absolute Gasteiger partial charge is 0.480 e. The lowest BCUT2D eigenvalue weighted by Gasteiger charge is -2.07. The fraction of sp³-hybridized carbons (Fsp3) is 0.750. The fourth-order valence-corrected chi connectivity index (χ4v) is 0.825. The second-order valence-corrected chi connectivity index (χ2v) is 6.42. The van der Waals surface area contributed by atoms with Crippen molar-refractivity contribution in [2.75, 3.05) is 0 Å². The first-order valence-corrected chi connectivity index (χ1v) is 8.87. The van der Waals surface area contributed by atoms with Gasteiger partial charge < -0.3 is 63.8 Å². The normalized spacial score (nSPS) is 17.4. The second-order valence-electron chi connectivity index (χ2n) is 6.42. The van der Waals surface area contributed by atoms with Crippen LogP contribution in [0.25, 0.3) is 0 Å². The van der Waals surface area contributed by atoms with Gasteiger partial charge >= 0.3 is 23.9 Å². The van der Waals surface area contributed by atoms with Crippen LogP contribution in [0.5, 0.6) is 0 Å². The van der Waals surface area contributed by atoms with Crippen molar-refractivity contribution in [2.45, 2.75) is 76.3 Å². The summed E-state index contributed by atoms with van der Waals surface area (Å²) in [6.45, 7) is 5.33. The monoisotopic (exact) mass is 476 g/mol. The molecule has 16 N–H and O–H groups in total. The Morgan fingerprint density at radius 1 is 0.438 bits per heavy atom. The molecule has 8 atom stereocenters. The highest BCUT2D eigenvalue weighted by molar-refractivity contribution is 5.74. The first kappa shape index (κ1) is 36.9. The van der Waals surface area contributed by atoms with E-state index in [4.69, 9.17) is 63.8 Å². The molecule has 16 heteroatoms. The van der Waals surface area contributed by atoms with Gasteiger partial charge in [-0.3, -0.25) is 19.2 Å². The average molecular weight is 476 g/mol. The summed E-state index contributed by atoms with van der Waals surface area (Å²) < 4.78 is 0. The molecule has 0 heterocycles. The lowest BCUT2D eigenvalue weighted by Crippen LogP contribution is -2.39. The number of aliphatic carboxylic acids is 4. The molecule has 0 saturated heterocycles. The third-order valence-corrected chi connectivity index (χ3v) is 3.22. The number of carboxylic acids is 4. The SMILES string of the molecule is C[C@@H](O)[C@H](N)C(=O)O.C[C@@H](O)[C@H](N)C(=O)O.C[C@@H](O)[C@H](N)C(=O)O.C[C@@H](O)[C@H](N)C(=O)O. The van der Waals surface area contributed by atoms with Crippen LogP contribution in [0.2, 0.25) is 0 Å². The maximum absolute atomic E-state index is 9.86. The van der Waals surface area contributed by atoms with Crippen LogP contribution in [-0.2, 0) is 19.2 Å².